The topological polar surface area (TPSA) is 144 Å². The Kier molecular flexibility index (Phi) is 5.27. The van der Waals surface area contributed by atoms with E-state index in [2.05, 4.69) is 9.71 Å². The molecule has 1 atom stereocenters. The molecule has 2 N–H and O–H groups in total. The van der Waals surface area contributed by atoms with Gasteiger partial charge in [0.2, 0.25) is 0 Å². The van der Waals surface area contributed by atoms with Crippen LogP contribution in [-0.2, 0) is 24.3 Å². The van der Waals surface area contributed by atoms with Crippen LogP contribution < -0.4 is 10.0 Å². The number of hydrogen-bond donors (Lipinski definition) is 2. The summed E-state index contributed by atoms with van der Waals surface area (Å²) in [5, 5.41) is 2.00. The summed E-state index contributed by atoms with van der Waals surface area (Å²) >= 11 is 0. The molecule has 11 heteroatoms. The van der Waals surface area contributed by atoms with Crippen LogP contribution in [0.25, 0.3) is 0 Å². The highest BCUT2D eigenvalue weighted by atomic mass is 32.2. The van der Waals surface area contributed by atoms with E-state index in [0.717, 1.165) is 0 Å². The first-order valence-electron chi connectivity index (χ1n) is 8.02. The van der Waals surface area contributed by atoms with Crippen LogP contribution in [0.3, 0.4) is 0 Å². The van der Waals surface area contributed by atoms with Crippen molar-refractivity contribution in [1.82, 2.24) is 10.0 Å². The third-order valence-corrected chi connectivity index (χ3v) is 5.07. The van der Waals surface area contributed by atoms with Gasteiger partial charge in [0, 0.05) is 5.56 Å². The van der Waals surface area contributed by atoms with Crippen molar-refractivity contribution < 1.29 is 32.0 Å². The number of amides is 2. The van der Waals surface area contributed by atoms with Crippen LogP contribution in [0.15, 0.2) is 57.0 Å². The van der Waals surface area contributed by atoms with Crippen LogP contribution in [0.1, 0.15) is 23.0 Å². The molecule has 1 aliphatic heterocycles. The maximum Gasteiger partial charge on any atom is 0.331 e. The van der Waals surface area contributed by atoms with Gasteiger partial charge < -0.3 is 9.15 Å². The fraction of sp³-hybridized carbons (Fsp3) is 0.176. The van der Waals surface area contributed by atoms with E-state index < -0.39 is 40.5 Å². The lowest BCUT2D eigenvalue weighted by Gasteiger charge is -2.09. The zero-order valence-electron chi connectivity index (χ0n) is 14.5. The minimum Gasteiger partial charge on any atom is -0.459 e. The van der Waals surface area contributed by atoms with Gasteiger partial charge in [-0.05, 0) is 31.2 Å². The Labute approximate surface area is 159 Å². The molecule has 0 aliphatic carbocycles. The molecule has 2 heterocycles. The van der Waals surface area contributed by atoms with E-state index in [0.29, 0.717) is 5.56 Å². The number of furan rings is 1. The first-order chi connectivity index (χ1) is 13.3. The van der Waals surface area contributed by atoms with Gasteiger partial charge in [-0.15, -0.1) is 0 Å². The second-order valence-electron chi connectivity index (χ2n) is 5.72. The predicted molar refractivity (Wildman–Crippen MR) is 94.9 cm³/mol. The summed E-state index contributed by atoms with van der Waals surface area (Å²) in [6.45, 7) is 0.680. The first-order valence-corrected chi connectivity index (χ1v) is 9.50. The second-order valence-corrected chi connectivity index (χ2v) is 7.37. The smallest absolute Gasteiger partial charge is 0.331 e. The minimum atomic E-state index is -3.73. The van der Waals surface area contributed by atoms with Crippen molar-refractivity contribution in [3.63, 3.8) is 0 Å². The van der Waals surface area contributed by atoms with Crippen LogP contribution in [0, 0.1) is 0 Å². The van der Waals surface area contributed by atoms with E-state index in [1.807, 2.05) is 5.32 Å². The number of benzene rings is 1. The van der Waals surface area contributed by atoms with Crippen molar-refractivity contribution in [2.75, 3.05) is 6.61 Å². The molecule has 0 fully saturated rings. The van der Waals surface area contributed by atoms with E-state index in [9.17, 15) is 22.8 Å². The molecule has 146 valence electrons. The Bertz CT molecular complexity index is 1060. The molecule has 0 radical (unpaired) electrons. The Morgan fingerprint density at radius 1 is 1.21 bits per heavy atom. The average molecular weight is 405 g/mol. The minimum absolute atomic E-state index is 0.0116. The van der Waals surface area contributed by atoms with Crippen LogP contribution in [0.5, 0.6) is 0 Å². The molecule has 10 nitrogen and oxygen atoms in total. The van der Waals surface area contributed by atoms with Crippen LogP contribution in [0.2, 0.25) is 0 Å². The number of esters is 1. The van der Waals surface area contributed by atoms with Crippen molar-refractivity contribution in [1.29, 1.82) is 0 Å². The fourth-order valence-electron chi connectivity index (χ4n) is 2.37. The number of rotatable bonds is 5. The van der Waals surface area contributed by atoms with E-state index in [1.165, 1.54) is 31.4 Å². The van der Waals surface area contributed by atoms with Gasteiger partial charge >= 0.3 is 5.97 Å². The first kappa shape index (κ1) is 19.3. The summed E-state index contributed by atoms with van der Waals surface area (Å²) in [7, 11) is -3.73. The lowest BCUT2D eigenvalue weighted by molar-refractivity contribution is -0.149. The SMILES string of the molecule is C[C@H](N=C1NS(=O)(=O)c2ccccc21)C(=O)OCC(=O)NC(=O)c1ccco1. The third-order valence-electron chi connectivity index (χ3n) is 3.67. The van der Waals surface area contributed by atoms with Gasteiger partial charge in [-0.1, -0.05) is 12.1 Å². The number of imide groups is 1. The summed E-state index contributed by atoms with van der Waals surface area (Å²) in [5.41, 5.74) is 0.337. The number of sulfonamides is 1. The van der Waals surface area contributed by atoms with E-state index >= 15 is 0 Å². The number of hydrogen-bond acceptors (Lipinski definition) is 8. The quantitative estimate of drug-likeness (QED) is 0.676. The summed E-state index contributed by atoms with van der Waals surface area (Å²) < 4.78 is 36.0. The van der Waals surface area contributed by atoms with E-state index in [-0.39, 0.29) is 16.5 Å². The molecule has 0 saturated heterocycles. The fourth-order valence-corrected chi connectivity index (χ4v) is 3.60. The van der Waals surface area contributed by atoms with E-state index in [4.69, 9.17) is 9.15 Å². The highest BCUT2D eigenvalue weighted by Gasteiger charge is 2.31. The van der Waals surface area contributed by atoms with Crippen LogP contribution in [0.4, 0.5) is 0 Å². The zero-order chi connectivity index (χ0) is 20.3. The maximum absolute atomic E-state index is 12.0. The zero-order valence-corrected chi connectivity index (χ0v) is 15.4. The molecule has 2 aromatic rings. The maximum atomic E-state index is 12.0. The number of nitrogens with one attached hydrogen (secondary N) is 2. The molecule has 28 heavy (non-hydrogen) atoms. The molecule has 0 unspecified atom stereocenters. The highest BCUT2D eigenvalue weighted by molar-refractivity contribution is 7.90. The van der Waals surface area contributed by atoms with Crippen molar-refractivity contribution in [2.45, 2.75) is 17.9 Å². The standard InChI is InChI=1S/C17H15N3O7S/c1-10(18-15-11-5-2-3-7-13(11)28(24,25)20-15)17(23)27-9-14(21)19-16(22)12-6-4-8-26-12/h2-8,10H,9H2,1H3,(H,18,20)(H,19,21,22)/t10-/m0/s1. The molecule has 0 spiro atoms. The summed E-state index contributed by atoms with van der Waals surface area (Å²) in [4.78, 5) is 39.5. The third kappa shape index (κ3) is 4.09. The van der Waals surface area contributed by atoms with Gasteiger partial charge in [0.05, 0.1) is 11.2 Å². The van der Waals surface area contributed by atoms with Gasteiger partial charge in [-0.25, -0.2) is 13.2 Å². The van der Waals surface area contributed by atoms with Crippen molar-refractivity contribution in [2.24, 2.45) is 4.99 Å². The number of fused-ring (bicyclic) bond motifs is 1. The summed E-state index contributed by atoms with van der Waals surface area (Å²) in [6.07, 6.45) is 1.27. The average Bonchev–Trinajstić information content (AvgIpc) is 3.27. The number of amidine groups is 1. The largest absolute Gasteiger partial charge is 0.459 e. The molecule has 2 amide bonds. The Hall–Kier alpha value is -3.47. The molecule has 1 aromatic heterocycles. The molecule has 1 aliphatic rings. The van der Waals surface area contributed by atoms with Gasteiger partial charge in [0.1, 0.15) is 11.9 Å². The Morgan fingerprint density at radius 2 is 1.96 bits per heavy atom. The Balaban J connectivity index is 1.59. The molecule has 1 aromatic carbocycles. The lowest BCUT2D eigenvalue weighted by Crippen LogP contribution is -2.35. The molecular formula is C17H15N3O7S. The van der Waals surface area contributed by atoms with Crippen LogP contribution >= 0.6 is 0 Å². The van der Waals surface area contributed by atoms with Crippen molar-refractivity contribution >= 4 is 33.6 Å². The highest BCUT2D eigenvalue weighted by Crippen LogP contribution is 2.22. The molecular weight excluding hydrogens is 390 g/mol. The number of carbonyl (C=O) groups excluding carboxylic acids is 3. The molecule has 3 rings (SSSR count). The van der Waals surface area contributed by atoms with Crippen molar-refractivity contribution in [3.05, 3.63) is 54.0 Å². The van der Waals surface area contributed by atoms with Crippen LogP contribution in [-0.4, -0.2) is 44.7 Å². The normalized spacial score (nSPS) is 16.7. The predicted octanol–water partition coefficient (Wildman–Crippen LogP) is 0.206. The van der Waals surface area contributed by atoms with Gasteiger partial charge in [0.15, 0.2) is 12.4 Å². The van der Waals surface area contributed by atoms with Gasteiger partial charge in [0.25, 0.3) is 21.8 Å². The number of aliphatic imine (C=N–C) groups is 1. The van der Waals surface area contributed by atoms with Gasteiger partial charge in [-0.2, -0.15) is 0 Å². The Morgan fingerprint density at radius 3 is 2.68 bits per heavy atom. The van der Waals surface area contributed by atoms with Gasteiger partial charge in [-0.3, -0.25) is 24.6 Å². The lowest BCUT2D eigenvalue weighted by atomic mass is 10.2. The van der Waals surface area contributed by atoms with E-state index in [1.54, 1.807) is 18.2 Å². The monoisotopic (exact) mass is 405 g/mol. The number of nitrogens with zero attached hydrogens (tertiary/aromatic N) is 1. The summed E-state index contributed by atoms with van der Waals surface area (Å²) in [6, 6.07) is 7.95. The molecule has 0 bridgehead atoms. The number of ether oxygens (including phenoxy) is 1. The number of carbonyl (C=O) groups is 3. The molecule has 0 saturated carbocycles. The second kappa shape index (κ2) is 7.64. The summed E-state index contributed by atoms with van der Waals surface area (Å²) in [5.74, 6) is -2.53. The van der Waals surface area contributed by atoms with Crippen molar-refractivity contribution in [3.8, 4) is 0 Å².